The van der Waals surface area contributed by atoms with Gasteiger partial charge in [0.25, 0.3) is 0 Å². The van der Waals surface area contributed by atoms with Crippen LogP contribution in [0.2, 0.25) is 0 Å². The lowest BCUT2D eigenvalue weighted by Gasteiger charge is -2.28. The second-order valence-electron chi connectivity index (χ2n) is 4.54. The van der Waals surface area contributed by atoms with E-state index >= 15 is 0 Å². The Morgan fingerprint density at radius 3 is 2.44 bits per heavy atom. The predicted molar refractivity (Wildman–Crippen MR) is 72.0 cm³/mol. The van der Waals surface area contributed by atoms with Crippen LogP contribution in [0.5, 0.6) is 0 Å². The fraction of sp³-hybridized carbons (Fsp3) is 0.267. The Hall–Kier alpha value is -1.71. The molecule has 94 valence electrons. The second kappa shape index (κ2) is 5.76. The predicted octanol–water partition coefficient (Wildman–Crippen LogP) is 2.08. The topological polar surface area (TPSA) is 45.1 Å². The zero-order valence-corrected chi connectivity index (χ0v) is 10.5. The highest BCUT2D eigenvalue weighted by atomic mass is 16.3. The van der Waals surface area contributed by atoms with Gasteiger partial charge < -0.3 is 10.4 Å². The molecular formula is C15H18N2O. The van der Waals surface area contributed by atoms with Crippen LogP contribution in [0, 0.1) is 0 Å². The number of rotatable bonds is 5. The molecule has 0 saturated carbocycles. The summed E-state index contributed by atoms with van der Waals surface area (Å²) in [4.78, 5) is 4.31. The largest absolute Gasteiger partial charge is 0.394 e. The molecule has 3 nitrogen and oxygen atoms in total. The van der Waals surface area contributed by atoms with Crippen molar-refractivity contribution in [3.8, 4) is 0 Å². The number of aromatic nitrogens is 1. The molecule has 3 heteroatoms. The first-order valence-electron chi connectivity index (χ1n) is 6.06. The van der Waals surface area contributed by atoms with Gasteiger partial charge in [-0.25, -0.2) is 0 Å². The van der Waals surface area contributed by atoms with E-state index in [4.69, 9.17) is 0 Å². The highest BCUT2D eigenvalue weighted by Crippen LogP contribution is 2.18. The molecule has 0 radical (unpaired) electrons. The lowest BCUT2D eigenvalue weighted by Crippen LogP contribution is -2.43. The summed E-state index contributed by atoms with van der Waals surface area (Å²) in [6.07, 6.45) is 1.74. The molecule has 0 spiro atoms. The number of hydrogen-bond donors (Lipinski definition) is 2. The van der Waals surface area contributed by atoms with Gasteiger partial charge >= 0.3 is 0 Å². The summed E-state index contributed by atoms with van der Waals surface area (Å²) in [5, 5.41) is 13.0. The van der Waals surface area contributed by atoms with Gasteiger partial charge in [0, 0.05) is 12.7 Å². The van der Waals surface area contributed by atoms with Crippen molar-refractivity contribution in [3.63, 3.8) is 0 Å². The molecule has 1 aromatic heterocycles. The van der Waals surface area contributed by atoms with Crippen molar-refractivity contribution in [2.45, 2.75) is 19.0 Å². The summed E-state index contributed by atoms with van der Waals surface area (Å²) in [7, 11) is 0. The maximum Gasteiger partial charge on any atom is 0.0816 e. The monoisotopic (exact) mass is 242 g/mol. The zero-order valence-electron chi connectivity index (χ0n) is 10.5. The van der Waals surface area contributed by atoms with Crippen LogP contribution in [0.25, 0.3) is 0 Å². The normalized spacial score (nSPS) is 14.1. The van der Waals surface area contributed by atoms with Crippen molar-refractivity contribution in [2.75, 3.05) is 6.61 Å². The number of aliphatic hydroxyl groups excluding tert-OH is 1. The minimum absolute atomic E-state index is 0.0108. The maximum atomic E-state index is 9.61. The summed E-state index contributed by atoms with van der Waals surface area (Å²) >= 11 is 0. The van der Waals surface area contributed by atoms with E-state index in [9.17, 15) is 5.11 Å². The zero-order chi connectivity index (χ0) is 12.8. The van der Waals surface area contributed by atoms with Gasteiger partial charge in [0.05, 0.1) is 17.8 Å². The van der Waals surface area contributed by atoms with Crippen molar-refractivity contribution in [2.24, 2.45) is 0 Å². The number of pyridine rings is 1. The Kier molecular flexibility index (Phi) is 4.07. The first-order chi connectivity index (χ1) is 8.74. The summed E-state index contributed by atoms with van der Waals surface area (Å²) in [5.74, 6) is 0. The van der Waals surface area contributed by atoms with Gasteiger partial charge in [-0.2, -0.15) is 0 Å². The van der Waals surface area contributed by atoms with Crippen LogP contribution < -0.4 is 5.32 Å². The van der Waals surface area contributed by atoms with E-state index in [1.165, 1.54) is 5.56 Å². The third kappa shape index (κ3) is 2.94. The van der Waals surface area contributed by atoms with Gasteiger partial charge in [-0.3, -0.25) is 4.98 Å². The third-order valence-electron chi connectivity index (χ3n) is 3.07. The van der Waals surface area contributed by atoms with Crippen LogP contribution >= 0.6 is 0 Å². The van der Waals surface area contributed by atoms with Gasteiger partial charge in [0.1, 0.15) is 0 Å². The fourth-order valence-corrected chi connectivity index (χ4v) is 1.81. The molecule has 0 aliphatic rings. The molecule has 2 N–H and O–H groups in total. The molecule has 1 atom stereocenters. The number of hydrogen-bond acceptors (Lipinski definition) is 3. The standard InChI is InChI=1S/C15H18N2O/c1-15(12-18,14-9-5-6-10-16-14)17-11-13-7-3-2-4-8-13/h2-10,17-18H,11-12H2,1H3. The molecule has 0 fully saturated rings. The van der Waals surface area contributed by atoms with Gasteiger partial charge in [0.2, 0.25) is 0 Å². The average molecular weight is 242 g/mol. The molecule has 0 bridgehead atoms. The SMILES string of the molecule is CC(CO)(NCc1ccccc1)c1ccccn1. The van der Waals surface area contributed by atoms with Crippen LogP contribution in [-0.4, -0.2) is 16.7 Å². The number of nitrogens with one attached hydrogen (secondary N) is 1. The number of benzene rings is 1. The van der Waals surface area contributed by atoms with Gasteiger partial charge in [-0.15, -0.1) is 0 Å². The van der Waals surface area contributed by atoms with Crippen molar-refractivity contribution < 1.29 is 5.11 Å². The Morgan fingerprint density at radius 1 is 1.11 bits per heavy atom. The lowest BCUT2D eigenvalue weighted by atomic mass is 9.97. The van der Waals surface area contributed by atoms with E-state index in [0.717, 1.165) is 5.69 Å². The minimum atomic E-state index is -0.517. The van der Waals surface area contributed by atoms with Crippen molar-refractivity contribution in [3.05, 3.63) is 66.0 Å². The van der Waals surface area contributed by atoms with E-state index in [0.29, 0.717) is 6.54 Å². The van der Waals surface area contributed by atoms with Crippen molar-refractivity contribution >= 4 is 0 Å². The first kappa shape index (κ1) is 12.7. The Balaban J connectivity index is 2.10. The molecule has 2 aromatic rings. The quantitative estimate of drug-likeness (QED) is 0.843. The first-order valence-corrected chi connectivity index (χ1v) is 6.06. The molecule has 0 saturated heterocycles. The molecule has 2 rings (SSSR count). The van der Waals surface area contributed by atoms with E-state index in [2.05, 4.69) is 22.4 Å². The fourth-order valence-electron chi connectivity index (χ4n) is 1.81. The van der Waals surface area contributed by atoms with Gasteiger partial charge in [-0.05, 0) is 24.6 Å². The Labute approximate surface area is 108 Å². The average Bonchev–Trinajstić information content (AvgIpc) is 2.47. The van der Waals surface area contributed by atoms with E-state index in [-0.39, 0.29) is 6.61 Å². The Morgan fingerprint density at radius 2 is 1.83 bits per heavy atom. The van der Waals surface area contributed by atoms with Gasteiger partial charge in [-0.1, -0.05) is 36.4 Å². The molecule has 1 unspecified atom stereocenters. The van der Waals surface area contributed by atoms with E-state index in [1.807, 2.05) is 43.3 Å². The molecule has 1 heterocycles. The number of nitrogens with zero attached hydrogens (tertiary/aromatic N) is 1. The van der Waals surface area contributed by atoms with Crippen molar-refractivity contribution in [1.82, 2.24) is 10.3 Å². The summed E-state index contributed by atoms with van der Waals surface area (Å²) in [6, 6.07) is 15.9. The smallest absolute Gasteiger partial charge is 0.0816 e. The molecule has 18 heavy (non-hydrogen) atoms. The van der Waals surface area contributed by atoms with Crippen LogP contribution in [-0.2, 0) is 12.1 Å². The van der Waals surface area contributed by atoms with Crippen LogP contribution in [0.1, 0.15) is 18.2 Å². The summed E-state index contributed by atoms with van der Waals surface area (Å²) < 4.78 is 0. The van der Waals surface area contributed by atoms with Gasteiger partial charge in [0.15, 0.2) is 0 Å². The maximum absolute atomic E-state index is 9.61. The van der Waals surface area contributed by atoms with Crippen molar-refractivity contribution in [1.29, 1.82) is 0 Å². The highest BCUT2D eigenvalue weighted by molar-refractivity contribution is 5.18. The lowest BCUT2D eigenvalue weighted by molar-refractivity contribution is 0.170. The highest BCUT2D eigenvalue weighted by Gasteiger charge is 2.26. The molecule has 0 amide bonds. The molecular weight excluding hydrogens is 224 g/mol. The summed E-state index contributed by atoms with van der Waals surface area (Å²) in [5.41, 5.74) is 1.52. The Bertz CT molecular complexity index is 472. The summed E-state index contributed by atoms with van der Waals surface area (Å²) in [6.45, 7) is 2.67. The third-order valence-corrected chi connectivity index (χ3v) is 3.07. The minimum Gasteiger partial charge on any atom is -0.394 e. The van der Waals surface area contributed by atoms with E-state index < -0.39 is 5.54 Å². The number of aliphatic hydroxyl groups is 1. The van der Waals surface area contributed by atoms with Crippen LogP contribution in [0.15, 0.2) is 54.7 Å². The van der Waals surface area contributed by atoms with E-state index in [1.54, 1.807) is 6.20 Å². The van der Waals surface area contributed by atoms with Crippen LogP contribution in [0.3, 0.4) is 0 Å². The van der Waals surface area contributed by atoms with Crippen LogP contribution in [0.4, 0.5) is 0 Å². The molecule has 0 aliphatic heterocycles. The molecule has 0 aliphatic carbocycles. The second-order valence-corrected chi connectivity index (χ2v) is 4.54. The molecule has 1 aromatic carbocycles.